The number of benzene rings is 2. The van der Waals surface area contributed by atoms with Crippen molar-refractivity contribution in [3.05, 3.63) is 64.2 Å². The first-order valence-electron chi connectivity index (χ1n) is 9.77. The molecule has 0 atom stereocenters. The van der Waals surface area contributed by atoms with Crippen LogP contribution in [0.2, 0.25) is 0 Å². The van der Waals surface area contributed by atoms with Gasteiger partial charge in [-0.2, -0.15) is 0 Å². The fourth-order valence-electron chi connectivity index (χ4n) is 3.21. The van der Waals surface area contributed by atoms with Gasteiger partial charge in [0, 0.05) is 21.6 Å². The molecule has 29 heavy (non-hydrogen) atoms. The molecule has 2 rings (SSSR count). The largest absolute Gasteiger partial charge is 0.490 e. The molecule has 4 nitrogen and oxygen atoms in total. The number of carboxylic acids is 1. The zero-order valence-corrected chi connectivity index (χ0v) is 18.4. The van der Waals surface area contributed by atoms with E-state index in [1.165, 1.54) is 6.08 Å². The van der Waals surface area contributed by atoms with Gasteiger partial charge in [-0.15, -0.1) is 11.8 Å². The summed E-state index contributed by atoms with van der Waals surface area (Å²) in [6, 6.07) is 9.29. The number of carbonyl (C=O) groups is 2. The van der Waals surface area contributed by atoms with Crippen LogP contribution in [0.4, 0.5) is 0 Å². The Morgan fingerprint density at radius 3 is 2.28 bits per heavy atom. The van der Waals surface area contributed by atoms with Crippen molar-refractivity contribution in [1.29, 1.82) is 0 Å². The molecular weight excluding hydrogens is 384 g/mol. The first-order chi connectivity index (χ1) is 13.8. The van der Waals surface area contributed by atoms with Crippen LogP contribution in [0.1, 0.15) is 65.1 Å². The third-order valence-electron chi connectivity index (χ3n) is 4.58. The van der Waals surface area contributed by atoms with Crippen molar-refractivity contribution >= 4 is 29.6 Å². The van der Waals surface area contributed by atoms with Crippen LogP contribution in [0, 0.1) is 0 Å². The Morgan fingerprint density at radius 2 is 1.79 bits per heavy atom. The fraction of sp³-hybridized carbons (Fsp3) is 0.333. The average Bonchev–Trinajstić information content (AvgIpc) is 2.71. The summed E-state index contributed by atoms with van der Waals surface area (Å²) in [6.07, 6.45) is 6.24. The van der Waals surface area contributed by atoms with Crippen molar-refractivity contribution in [3.8, 4) is 5.75 Å². The molecule has 0 unspecified atom stereocenters. The molecule has 0 spiro atoms. The minimum Gasteiger partial charge on any atom is -0.490 e. The van der Waals surface area contributed by atoms with E-state index in [1.807, 2.05) is 64.3 Å². The van der Waals surface area contributed by atoms with E-state index < -0.39 is 5.97 Å². The molecule has 0 bridgehead atoms. The maximum absolute atomic E-state index is 12.6. The quantitative estimate of drug-likeness (QED) is 0.315. The Labute approximate surface area is 177 Å². The van der Waals surface area contributed by atoms with Crippen LogP contribution in [0.15, 0.2) is 41.3 Å². The monoisotopic (exact) mass is 412 g/mol. The van der Waals surface area contributed by atoms with Gasteiger partial charge in [0.15, 0.2) is 5.78 Å². The molecule has 0 heterocycles. The zero-order chi connectivity index (χ0) is 21.6. The van der Waals surface area contributed by atoms with Gasteiger partial charge < -0.3 is 9.84 Å². The zero-order valence-electron chi connectivity index (χ0n) is 17.6. The van der Waals surface area contributed by atoms with Crippen LogP contribution >= 0.6 is 11.8 Å². The van der Waals surface area contributed by atoms with Crippen LogP contribution in [-0.2, 0) is 12.8 Å². The fourth-order valence-corrected chi connectivity index (χ4v) is 3.61. The second kappa shape index (κ2) is 10.3. The molecule has 0 aliphatic rings. The molecule has 1 N–H and O–H groups in total. The molecule has 5 heteroatoms. The number of rotatable bonds is 9. The van der Waals surface area contributed by atoms with Gasteiger partial charge in [0.2, 0.25) is 0 Å². The highest BCUT2D eigenvalue weighted by Crippen LogP contribution is 2.33. The van der Waals surface area contributed by atoms with Crippen LogP contribution in [0.3, 0.4) is 0 Å². The number of aromatic carboxylic acids is 1. The van der Waals surface area contributed by atoms with Crippen molar-refractivity contribution in [3.63, 3.8) is 0 Å². The Balaban J connectivity index is 2.52. The number of ketones is 1. The van der Waals surface area contributed by atoms with E-state index in [0.29, 0.717) is 35.3 Å². The molecular formula is C24H28O4S. The number of carboxylic acid groups (broad SMARTS) is 1. The number of hydrogen-bond acceptors (Lipinski definition) is 4. The smallest absolute Gasteiger partial charge is 0.336 e. The Bertz CT molecular complexity index is 911. The van der Waals surface area contributed by atoms with Crippen LogP contribution in [-0.4, -0.2) is 29.2 Å². The van der Waals surface area contributed by atoms with Crippen molar-refractivity contribution in [2.45, 2.75) is 51.5 Å². The minimum atomic E-state index is -0.951. The lowest BCUT2D eigenvalue weighted by atomic mass is 9.92. The number of hydrogen-bond donors (Lipinski definition) is 1. The van der Waals surface area contributed by atoms with Crippen molar-refractivity contribution in [2.24, 2.45) is 0 Å². The summed E-state index contributed by atoms with van der Waals surface area (Å²) in [5.74, 6) is -0.516. The highest BCUT2D eigenvalue weighted by molar-refractivity contribution is 7.98. The van der Waals surface area contributed by atoms with E-state index in [-0.39, 0.29) is 11.9 Å². The predicted molar refractivity (Wildman–Crippen MR) is 120 cm³/mol. The topological polar surface area (TPSA) is 63.6 Å². The lowest BCUT2D eigenvalue weighted by Crippen LogP contribution is -2.14. The molecule has 0 radical (unpaired) electrons. The first-order valence-corrected chi connectivity index (χ1v) is 11.0. The van der Waals surface area contributed by atoms with Gasteiger partial charge in [-0.1, -0.05) is 13.8 Å². The van der Waals surface area contributed by atoms with Gasteiger partial charge in [0.05, 0.1) is 11.7 Å². The SMILES string of the molecule is CCc1cc(/C=C/C(=O)c2ccc(SC)cc2)c(OC(C)C)c(CC)c1C(=O)O. The molecule has 2 aromatic carbocycles. The van der Waals surface area contributed by atoms with E-state index in [1.54, 1.807) is 17.8 Å². The van der Waals surface area contributed by atoms with Gasteiger partial charge in [-0.25, -0.2) is 4.79 Å². The lowest BCUT2D eigenvalue weighted by molar-refractivity contribution is 0.0693. The maximum Gasteiger partial charge on any atom is 0.336 e. The van der Waals surface area contributed by atoms with Gasteiger partial charge in [0.1, 0.15) is 5.75 Å². The van der Waals surface area contributed by atoms with E-state index in [9.17, 15) is 14.7 Å². The number of allylic oxidation sites excluding steroid dienone is 1. The Morgan fingerprint density at radius 1 is 1.14 bits per heavy atom. The van der Waals surface area contributed by atoms with E-state index in [4.69, 9.17) is 4.74 Å². The molecule has 0 fully saturated rings. The van der Waals surface area contributed by atoms with Crippen molar-refractivity contribution < 1.29 is 19.4 Å². The minimum absolute atomic E-state index is 0.105. The molecule has 0 aliphatic carbocycles. The van der Waals surface area contributed by atoms with Gasteiger partial charge in [0.25, 0.3) is 0 Å². The summed E-state index contributed by atoms with van der Waals surface area (Å²) < 4.78 is 6.00. The summed E-state index contributed by atoms with van der Waals surface area (Å²) in [4.78, 5) is 25.6. The van der Waals surface area contributed by atoms with E-state index in [0.717, 1.165) is 16.0 Å². The number of carbonyl (C=O) groups excluding carboxylic acids is 1. The molecule has 0 aliphatic heterocycles. The standard InChI is InChI=1S/C24H28O4S/c1-6-16-14-18(10-13-21(25)17-8-11-19(29-5)12-9-17)23(28-15(3)4)20(7-2)22(16)24(26)27/h8-15H,6-7H2,1-5H3,(H,26,27)/b13-10+. The second-order valence-corrected chi connectivity index (χ2v) is 7.79. The molecule has 0 aromatic heterocycles. The molecule has 154 valence electrons. The maximum atomic E-state index is 12.6. The highest BCUT2D eigenvalue weighted by atomic mass is 32.2. The van der Waals surface area contributed by atoms with Gasteiger partial charge in [-0.3, -0.25) is 4.79 Å². The summed E-state index contributed by atoms with van der Waals surface area (Å²) >= 11 is 1.63. The lowest BCUT2D eigenvalue weighted by Gasteiger charge is -2.20. The second-order valence-electron chi connectivity index (χ2n) is 6.91. The van der Waals surface area contributed by atoms with E-state index in [2.05, 4.69) is 0 Å². The molecule has 0 saturated carbocycles. The van der Waals surface area contributed by atoms with Crippen molar-refractivity contribution in [2.75, 3.05) is 6.26 Å². The highest BCUT2D eigenvalue weighted by Gasteiger charge is 2.22. The van der Waals surface area contributed by atoms with Gasteiger partial charge >= 0.3 is 5.97 Å². The summed E-state index contributed by atoms with van der Waals surface area (Å²) in [5, 5.41) is 9.74. The number of ether oxygens (including phenoxy) is 1. The number of thioether (sulfide) groups is 1. The Hall–Kier alpha value is -2.53. The van der Waals surface area contributed by atoms with Crippen LogP contribution in [0.25, 0.3) is 6.08 Å². The Kier molecular flexibility index (Phi) is 8.09. The van der Waals surface area contributed by atoms with Gasteiger partial charge in [-0.05, 0) is 81.0 Å². The predicted octanol–water partition coefficient (Wildman–Crippen LogP) is 5.91. The van der Waals surface area contributed by atoms with E-state index >= 15 is 0 Å². The summed E-state index contributed by atoms with van der Waals surface area (Å²) in [5.41, 5.74) is 3.05. The summed E-state index contributed by atoms with van der Waals surface area (Å²) in [7, 11) is 0. The van der Waals surface area contributed by atoms with Crippen molar-refractivity contribution in [1.82, 2.24) is 0 Å². The third-order valence-corrected chi connectivity index (χ3v) is 5.32. The average molecular weight is 413 g/mol. The van der Waals surface area contributed by atoms with Crippen LogP contribution in [0.5, 0.6) is 5.75 Å². The molecule has 0 saturated heterocycles. The third kappa shape index (κ3) is 5.51. The first kappa shape index (κ1) is 22.8. The number of aryl methyl sites for hydroxylation is 1. The normalized spacial score (nSPS) is 11.2. The van der Waals surface area contributed by atoms with Crippen LogP contribution < -0.4 is 4.74 Å². The summed E-state index contributed by atoms with van der Waals surface area (Å²) in [6.45, 7) is 7.65. The molecule has 0 amide bonds. The molecule has 2 aromatic rings.